The summed E-state index contributed by atoms with van der Waals surface area (Å²) in [6.07, 6.45) is 0. The predicted molar refractivity (Wildman–Crippen MR) is 70.9 cm³/mol. The first-order valence-electron chi connectivity index (χ1n) is 5.89. The van der Waals surface area contributed by atoms with Crippen LogP contribution < -0.4 is 5.32 Å². The van der Waals surface area contributed by atoms with Crippen LogP contribution in [0.1, 0.15) is 25.3 Å². The van der Waals surface area contributed by atoms with Gasteiger partial charge in [-0.2, -0.15) is 0 Å². The molecule has 0 spiro atoms. The fourth-order valence-corrected chi connectivity index (χ4v) is 2.17. The molecular weight excluding hydrogens is 194 g/mol. The van der Waals surface area contributed by atoms with Crippen molar-refractivity contribution in [1.82, 2.24) is 5.32 Å². The molecule has 0 aliphatic heterocycles. The lowest BCUT2D eigenvalue weighted by atomic mass is 9.90. The Kier molecular flexibility index (Phi) is 3.25. The van der Waals surface area contributed by atoms with Crippen LogP contribution in [0.2, 0.25) is 0 Å². The van der Waals surface area contributed by atoms with E-state index >= 15 is 0 Å². The van der Waals surface area contributed by atoms with Gasteiger partial charge in [-0.3, -0.25) is 0 Å². The molecule has 2 atom stereocenters. The van der Waals surface area contributed by atoms with E-state index in [4.69, 9.17) is 0 Å². The molecule has 1 heteroatoms. The zero-order chi connectivity index (χ0) is 11.5. The molecule has 0 saturated heterocycles. The van der Waals surface area contributed by atoms with Crippen molar-refractivity contribution in [3.63, 3.8) is 0 Å². The highest BCUT2D eigenvalue weighted by molar-refractivity contribution is 5.86. The topological polar surface area (TPSA) is 12.0 Å². The largest absolute Gasteiger partial charge is 0.317 e. The van der Waals surface area contributed by atoms with E-state index in [-0.39, 0.29) is 0 Å². The third kappa shape index (κ3) is 1.96. The van der Waals surface area contributed by atoms with E-state index in [2.05, 4.69) is 61.6 Å². The molecule has 0 aromatic heterocycles. The molecule has 0 amide bonds. The van der Waals surface area contributed by atoms with Gasteiger partial charge in [0, 0.05) is 6.04 Å². The van der Waals surface area contributed by atoms with Crippen LogP contribution in [0.5, 0.6) is 0 Å². The van der Waals surface area contributed by atoms with Gasteiger partial charge < -0.3 is 5.32 Å². The summed E-state index contributed by atoms with van der Waals surface area (Å²) in [5.74, 6) is 0.524. The van der Waals surface area contributed by atoms with Crippen molar-refractivity contribution in [3.8, 4) is 0 Å². The smallest absolute Gasteiger partial charge is 0.0102 e. The standard InChI is InChI=1S/C15H19N/c1-11(12(2)16-3)14-10-6-8-13-7-4-5-9-15(13)14/h4-12,16H,1-3H3. The molecule has 0 aliphatic rings. The van der Waals surface area contributed by atoms with Gasteiger partial charge in [0.1, 0.15) is 0 Å². The number of hydrogen-bond acceptors (Lipinski definition) is 1. The lowest BCUT2D eigenvalue weighted by Crippen LogP contribution is -2.27. The summed E-state index contributed by atoms with van der Waals surface area (Å²) in [4.78, 5) is 0. The van der Waals surface area contributed by atoms with Gasteiger partial charge in [0.2, 0.25) is 0 Å². The molecule has 0 aliphatic carbocycles. The van der Waals surface area contributed by atoms with E-state index in [0.29, 0.717) is 12.0 Å². The Hall–Kier alpha value is -1.34. The minimum atomic E-state index is 0.491. The second-order valence-corrected chi connectivity index (χ2v) is 4.43. The molecule has 1 nitrogen and oxygen atoms in total. The number of fused-ring (bicyclic) bond motifs is 1. The molecule has 2 aromatic rings. The fraction of sp³-hybridized carbons (Fsp3) is 0.333. The summed E-state index contributed by atoms with van der Waals surface area (Å²) in [6.45, 7) is 4.51. The fourth-order valence-electron chi connectivity index (χ4n) is 2.17. The number of rotatable bonds is 3. The summed E-state index contributed by atoms with van der Waals surface area (Å²) in [6, 6.07) is 15.7. The number of benzene rings is 2. The van der Waals surface area contributed by atoms with Crippen molar-refractivity contribution in [1.29, 1.82) is 0 Å². The van der Waals surface area contributed by atoms with Crippen LogP contribution in [0.4, 0.5) is 0 Å². The van der Waals surface area contributed by atoms with Crippen molar-refractivity contribution in [2.75, 3.05) is 7.05 Å². The highest BCUT2D eigenvalue weighted by atomic mass is 14.9. The molecule has 0 bridgehead atoms. The summed E-state index contributed by atoms with van der Waals surface area (Å²) in [5.41, 5.74) is 1.43. The molecule has 1 N–H and O–H groups in total. The second kappa shape index (κ2) is 4.67. The van der Waals surface area contributed by atoms with Gasteiger partial charge in [-0.25, -0.2) is 0 Å². The molecule has 0 heterocycles. The van der Waals surface area contributed by atoms with Gasteiger partial charge in [-0.1, -0.05) is 49.4 Å². The summed E-state index contributed by atoms with van der Waals surface area (Å²) in [7, 11) is 2.02. The Morgan fingerprint density at radius 1 is 0.938 bits per heavy atom. The van der Waals surface area contributed by atoms with Crippen molar-refractivity contribution in [3.05, 3.63) is 48.0 Å². The first-order valence-corrected chi connectivity index (χ1v) is 5.89. The molecule has 16 heavy (non-hydrogen) atoms. The Balaban J connectivity index is 2.52. The molecule has 2 unspecified atom stereocenters. The van der Waals surface area contributed by atoms with Gasteiger partial charge in [0.15, 0.2) is 0 Å². The number of nitrogens with one attached hydrogen (secondary N) is 1. The monoisotopic (exact) mass is 213 g/mol. The minimum Gasteiger partial charge on any atom is -0.317 e. The van der Waals surface area contributed by atoms with E-state index in [9.17, 15) is 0 Å². The van der Waals surface area contributed by atoms with E-state index < -0.39 is 0 Å². The van der Waals surface area contributed by atoms with Crippen LogP contribution >= 0.6 is 0 Å². The lowest BCUT2D eigenvalue weighted by Gasteiger charge is -2.21. The molecule has 0 fully saturated rings. The van der Waals surface area contributed by atoms with Crippen LogP contribution in [0, 0.1) is 0 Å². The molecule has 0 radical (unpaired) electrons. The SMILES string of the molecule is CNC(C)C(C)c1cccc2ccccc12. The highest BCUT2D eigenvalue weighted by Gasteiger charge is 2.14. The summed E-state index contributed by atoms with van der Waals surface area (Å²) < 4.78 is 0. The third-order valence-corrected chi connectivity index (χ3v) is 3.52. The molecule has 2 rings (SSSR count). The zero-order valence-electron chi connectivity index (χ0n) is 10.2. The molecular formula is C15H19N. The maximum atomic E-state index is 3.33. The Morgan fingerprint density at radius 2 is 1.62 bits per heavy atom. The molecule has 2 aromatic carbocycles. The lowest BCUT2D eigenvalue weighted by molar-refractivity contribution is 0.526. The zero-order valence-corrected chi connectivity index (χ0v) is 10.2. The van der Waals surface area contributed by atoms with Crippen molar-refractivity contribution in [2.45, 2.75) is 25.8 Å². The highest BCUT2D eigenvalue weighted by Crippen LogP contribution is 2.27. The average Bonchev–Trinajstić information content (AvgIpc) is 2.36. The molecule has 0 saturated carbocycles. The van der Waals surface area contributed by atoms with Crippen LogP contribution in [0.15, 0.2) is 42.5 Å². The second-order valence-electron chi connectivity index (χ2n) is 4.43. The maximum Gasteiger partial charge on any atom is 0.0102 e. The third-order valence-electron chi connectivity index (χ3n) is 3.52. The Labute approximate surface area is 97.5 Å². The van der Waals surface area contributed by atoms with E-state index in [0.717, 1.165) is 0 Å². The average molecular weight is 213 g/mol. The molecule has 84 valence electrons. The van der Waals surface area contributed by atoms with Gasteiger partial charge in [0.05, 0.1) is 0 Å². The number of likely N-dealkylation sites (N-methyl/N-ethyl adjacent to an activating group) is 1. The van der Waals surface area contributed by atoms with E-state index in [1.165, 1.54) is 16.3 Å². The summed E-state index contributed by atoms with van der Waals surface area (Å²) >= 11 is 0. The van der Waals surface area contributed by atoms with Crippen molar-refractivity contribution >= 4 is 10.8 Å². The summed E-state index contributed by atoms with van der Waals surface area (Å²) in [5, 5.41) is 6.03. The first kappa shape index (κ1) is 11.2. The normalized spacial score (nSPS) is 14.9. The maximum absolute atomic E-state index is 3.33. The van der Waals surface area contributed by atoms with Crippen LogP contribution in [-0.4, -0.2) is 13.1 Å². The van der Waals surface area contributed by atoms with Gasteiger partial charge in [0.25, 0.3) is 0 Å². The number of hydrogen-bond donors (Lipinski definition) is 1. The van der Waals surface area contributed by atoms with Crippen molar-refractivity contribution < 1.29 is 0 Å². The van der Waals surface area contributed by atoms with Gasteiger partial charge >= 0.3 is 0 Å². The van der Waals surface area contributed by atoms with Crippen molar-refractivity contribution in [2.24, 2.45) is 0 Å². The minimum absolute atomic E-state index is 0.491. The van der Waals surface area contributed by atoms with Gasteiger partial charge in [-0.15, -0.1) is 0 Å². The Morgan fingerprint density at radius 3 is 2.38 bits per heavy atom. The van der Waals surface area contributed by atoms with E-state index in [1.807, 2.05) is 7.05 Å². The quantitative estimate of drug-likeness (QED) is 0.822. The van der Waals surface area contributed by atoms with E-state index in [1.54, 1.807) is 0 Å². The van der Waals surface area contributed by atoms with Crippen LogP contribution in [0.25, 0.3) is 10.8 Å². The van der Waals surface area contributed by atoms with Crippen LogP contribution in [-0.2, 0) is 0 Å². The van der Waals surface area contributed by atoms with Crippen LogP contribution in [0.3, 0.4) is 0 Å². The van der Waals surface area contributed by atoms with Gasteiger partial charge in [-0.05, 0) is 36.2 Å². The first-order chi connectivity index (χ1) is 7.74. The predicted octanol–water partition coefficient (Wildman–Crippen LogP) is 3.55. The Bertz CT molecular complexity index is 470.